The maximum absolute atomic E-state index is 11.4. The van der Waals surface area contributed by atoms with Crippen molar-refractivity contribution in [2.75, 3.05) is 13.6 Å². The smallest absolute Gasteiger partial charge is 0.323 e. The highest BCUT2D eigenvalue weighted by molar-refractivity contribution is 5.78. The predicted molar refractivity (Wildman–Crippen MR) is 75.9 cm³/mol. The first-order valence-electron chi connectivity index (χ1n) is 6.81. The Morgan fingerprint density at radius 1 is 1.28 bits per heavy atom. The molecule has 0 aliphatic carbocycles. The number of nitrogens with one attached hydrogen (secondary N) is 1. The van der Waals surface area contributed by atoms with Crippen molar-refractivity contribution in [3.8, 4) is 0 Å². The van der Waals surface area contributed by atoms with Crippen molar-refractivity contribution in [1.29, 1.82) is 0 Å². The van der Waals surface area contributed by atoms with Gasteiger partial charge in [-0.05, 0) is 47.1 Å². The Kier molecular flexibility index (Phi) is 6.86. The van der Waals surface area contributed by atoms with E-state index in [1.54, 1.807) is 6.92 Å². The van der Waals surface area contributed by atoms with Gasteiger partial charge in [0.25, 0.3) is 0 Å². The summed E-state index contributed by atoms with van der Waals surface area (Å²) in [5.41, 5.74) is -0.848. The van der Waals surface area contributed by atoms with Crippen molar-refractivity contribution < 1.29 is 9.90 Å². The van der Waals surface area contributed by atoms with Crippen molar-refractivity contribution in [1.82, 2.24) is 10.2 Å². The van der Waals surface area contributed by atoms with Gasteiger partial charge in [-0.15, -0.1) is 0 Å². The molecular weight excluding hydrogens is 228 g/mol. The van der Waals surface area contributed by atoms with E-state index in [2.05, 4.69) is 38.0 Å². The molecule has 0 aromatic carbocycles. The second-order valence-electron chi connectivity index (χ2n) is 6.15. The van der Waals surface area contributed by atoms with Crippen LogP contribution >= 0.6 is 0 Å². The van der Waals surface area contributed by atoms with E-state index in [0.717, 1.165) is 6.54 Å². The first-order chi connectivity index (χ1) is 8.10. The number of rotatable bonds is 8. The standard InChI is InChI=1S/C14H30N2O2/c1-10(2)12(5)16(7)9-8-14(6,13(17)18)15-11(3)4/h10-12,15H,8-9H2,1-7H3,(H,17,18). The molecule has 2 atom stereocenters. The minimum atomic E-state index is -0.848. The summed E-state index contributed by atoms with van der Waals surface area (Å²) in [6.45, 7) is 13.0. The van der Waals surface area contributed by atoms with E-state index in [9.17, 15) is 9.90 Å². The lowest BCUT2D eigenvalue weighted by Crippen LogP contribution is -2.54. The van der Waals surface area contributed by atoms with Crippen LogP contribution in [0.1, 0.15) is 48.0 Å². The third kappa shape index (κ3) is 5.36. The molecule has 4 heteroatoms. The van der Waals surface area contributed by atoms with E-state index in [1.807, 2.05) is 13.8 Å². The average molecular weight is 258 g/mol. The van der Waals surface area contributed by atoms with Crippen LogP contribution in [0.25, 0.3) is 0 Å². The van der Waals surface area contributed by atoms with Gasteiger partial charge in [-0.2, -0.15) is 0 Å². The summed E-state index contributed by atoms with van der Waals surface area (Å²) in [6, 6.07) is 0.626. The maximum atomic E-state index is 11.4. The van der Waals surface area contributed by atoms with Crippen molar-refractivity contribution in [2.45, 2.75) is 65.6 Å². The van der Waals surface area contributed by atoms with Crippen LogP contribution in [0.4, 0.5) is 0 Å². The van der Waals surface area contributed by atoms with Crippen LogP contribution < -0.4 is 5.32 Å². The highest BCUT2D eigenvalue weighted by atomic mass is 16.4. The van der Waals surface area contributed by atoms with E-state index in [4.69, 9.17) is 0 Å². The van der Waals surface area contributed by atoms with Gasteiger partial charge in [-0.3, -0.25) is 10.1 Å². The molecule has 0 rings (SSSR count). The third-order valence-electron chi connectivity index (χ3n) is 3.70. The minimum absolute atomic E-state index is 0.166. The number of carboxylic acids is 1. The highest BCUT2D eigenvalue weighted by Crippen LogP contribution is 2.15. The number of hydrogen-bond acceptors (Lipinski definition) is 3. The molecule has 0 heterocycles. The van der Waals surface area contributed by atoms with E-state index >= 15 is 0 Å². The van der Waals surface area contributed by atoms with Crippen LogP contribution in [0.3, 0.4) is 0 Å². The van der Waals surface area contributed by atoms with E-state index in [1.165, 1.54) is 0 Å². The van der Waals surface area contributed by atoms with Gasteiger partial charge in [0.1, 0.15) is 5.54 Å². The summed E-state index contributed by atoms with van der Waals surface area (Å²) >= 11 is 0. The Labute approximate surface area is 112 Å². The number of carboxylic acid groups (broad SMARTS) is 1. The Morgan fingerprint density at radius 3 is 2.11 bits per heavy atom. The fourth-order valence-corrected chi connectivity index (χ4v) is 1.99. The van der Waals surface area contributed by atoms with Crippen LogP contribution in [0.2, 0.25) is 0 Å². The van der Waals surface area contributed by atoms with Crippen LogP contribution in [0.5, 0.6) is 0 Å². The number of nitrogens with zero attached hydrogens (tertiary/aromatic N) is 1. The fraction of sp³-hybridized carbons (Fsp3) is 0.929. The fourth-order valence-electron chi connectivity index (χ4n) is 1.99. The van der Waals surface area contributed by atoms with Crippen LogP contribution in [-0.2, 0) is 4.79 Å². The second kappa shape index (κ2) is 7.10. The Balaban J connectivity index is 4.49. The van der Waals surface area contributed by atoms with Crippen molar-refractivity contribution >= 4 is 5.97 Å². The molecule has 18 heavy (non-hydrogen) atoms. The minimum Gasteiger partial charge on any atom is -0.480 e. The van der Waals surface area contributed by atoms with Gasteiger partial charge in [0.2, 0.25) is 0 Å². The summed E-state index contributed by atoms with van der Waals surface area (Å²) in [5.74, 6) is -0.203. The molecular formula is C14H30N2O2. The first-order valence-corrected chi connectivity index (χ1v) is 6.81. The third-order valence-corrected chi connectivity index (χ3v) is 3.70. The molecule has 2 N–H and O–H groups in total. The molecule has 0 fully saturated rings. The van der Waals surface area contributed by atoms with Crippen LogP contribution in [0.15, 0.2) is 0 Å². The van der Waals surface area contributed by atoms with Gasteiger partial charge >= 0.3 is 5.97 Å². The molecule has 108 valence electrons. The largest absolute Gasteiger partial charge is 0.480 e. The summed E-state index contributed by atoms with van der Waals surface area (Å²) in [6.07, 6.45) is 0.605. The van der Waals surface area contributed by atoms with Gasteiger partial charge in [-0.1, -0.05) is 13.8 Å². The topological polar surface area (TPSA) is 52.6 Å². The highest BCUT2D eigenvalue weighted by Gasteiger charge is 2.33. The molecule has 0 saturated carbocycles. The quantitative estimate of drug-likeness (QED) is 0.701. The number of aliphatic carboxylic acids is 1. The van der Waals surface area contributed by atoms with E-state index < -0.39 is 11.5 Å². The zero-order chi connectivity index (χ0) is 14.5. The van der Waals surface area contributed by atoms with Crippen LogP contribution in [-0.4, -0.2) is 47.2 Å². The SMILES string of the molecule is CC(C)NC(C)(CCN(C)C(C)C(C)C)C(=O)O. The first kappa shape index (κ1) is 17.4. The summed E-state index contributed by atoms with van der Waals surface area (Å²) in [5, 5.41) is 12.5. The Bertz CT molecular complexity index is 267. The zero-order valence-corrected chi connectivity index (χ0v) is 12.9. The van der Waals surface area contributed by atoms with Crippen LogP contribution in [0, 0.1) is 5.92 Å². The molecule has 0 radical (unpaired) electrons. The molecule has 0 amide bonds. The average Bonchev–Trinajstić information content (AvgIpc) is 2.23. The number of hydrogen-bond donors (Lipinski definition) is 2. The molecule has 0 aliphatic heterocycles. The zero-order valence-electron chi connectivity index (χ0n) is 12.9. The molecule has 0 aromatic heterocycles. The number of carbonyl (C=O) groups is 1. The normalized spacial score (nSPS) is 17.2. The summed E-state index contributed by atoms with van der Waals surface area (Å²) in [7, 11) is 2.06. The monoisotopic (exact) mass is 258 g/mol. The predicted octanol–water partition coefficient (Wildman–Crippen LogP) is 2.19. The lowest BCUT2D eigenvalue weighted by Gasteiger charge is -2.33. The van der Waals surface area contributed by atoms with Gasteiger partial charge < -0.3 is 10.0 Å². The lowest BCUT2D eigenvalue weighted by molar-refractivity contribution is -0.145. The molecule has 2 unspecified atom stereocenters. The van der Waals surface area contributed by atoms with Gasteiger partial charge in [-0.25, -0.2) is 0 Å². The molecule has 0 bridgehead atoms. The van der Waals surface area contributed by atoms with Gasteiger partial charge in [0.05, 0.1) is 0 Å². The Hall–Kier alpha value is -0.610. The lowest BCUT2D eigenvalue weighted by atomic mass is 9.95. The molecule has 0 aliphatic rings. The molecule has 0 saturated heterocycles. The van der Waals surface area contributed by atoms with Gasteiger partial charge in [0, 0.05) is 18.6 Å². The van der Waals surface area contributed by atoms with Gasteiger partial charge in [0.15, 0.2) is 0 Å². The summed E-state index contributed by atoms with van der Waals surface area (Å²) < 4.78 is 0. The molecule has 0 spiro atoms. The summed E-state index contributed by atoms with van der Waals surface area (Å²) in [4.78, 5) is 13.6. The second-order valence-corrected chi connectivity index (χ2v) is 6.15. The van der Waals surface area contributed by atoms with Crippen molar-refractivity contribution in [2.24, 2.45) is 5.92 Å². The molecule has 0 aromatic rings. The maximum Gasteiger partial charge on any atom is 0.323 e. The Morgan fingerprint density at radius 2 is 1.78 bits per heavy atom. The molecule has 4 nitrogen and oxygen atoms in total. The van der Waals surface area contributed by atoms with E-state index in [0.29, 0.717) is 18.4 Å². The van der Waals surface area contributed by atoms with Crippen molar-refractivity contribution in [3.63, 3.8) is 0 Å². The van der Waals surface area contributed by atoms with Crippen molar-refractivity contribution in [3.05, 3.63) is 0 Å². The van der Waals surface area contributed by atoms with E-state index in [-0.39, 0.29) is 6.04 Å².